The number of aromatic nitrogens is 4. The topological polar surface area (TPSA) is 73.1 Å². The van der Waals surface area contributed by atoms with Gasteiger partial charge in [0.15, 0.2) is 0 Å². The number of carbonyl (C=O) groups excluding carboxylic acids is 1. The Bertz CT molecular complexity index is 755. The maximum absolute atomic E-state index is 12.7. The zero-order chi connectivity index (χ0) is 17.3. The highest BCUT2D eigenvalue weighted by molar-refractivity contribution is 5.79. The molecule has 0 aliphatic carbocycles. The third-order valence-corrected chi connectivity index (χ3v) is 4.53. The highest BCUT2D eigenvalue weighted by Gasteiger charge is 2.27. The van der Waals surface area contributed by atoms with Gasteiger partial charge in [0.25, 0.3) is 0 Å². The lowest BCUT2D eigenvalue weighted by molar-refractivity contribution is -0.138. The molecule has 1 aliphatic rings. The lowest BCUT2D eigenvalue weighted by Crippen LogP contribution is -2.43. The number of hydrogen-bond donors (Lipinski definition) is 0. The molecule has 3 heterocycles. The molecule has 0 spiro atoms. The van der Waals surface area contributed by atoms with Crippen LogP contribution in [0, 0.1) is 20.8 Å². The Morgan fingerprint density at radius 1 is 1.38 bits per heavy atom. The Hall–Kier alpha value is -2.28. The third-order valence-electron chi connectivity index (χ3n) is 4.53. The highest BCUT2D eigenvalue weighted by atomic mass is 16.5. The van der Waals surface area contributed by atoms with Gasteiger partial charge in [-0.05, 0) is 26.8 Å². The SMILES string of the molecule is Cc1nccc([C@H]2CN(C(=O)Cc3c(C)nn(C)c3C)CCO2)n1. The van der Waals surface area contributed by atoms with Crippen LogP contribution in [0.5, 0.6) is 0 Å². The van der Waals surface area contributed by atoms with Crippen molar-refractivity contribution in [1.29, 1.82) is 0 Å². The molecule has 0 bridgehead atoms. The maximum atomic E-state index is 12.7. The number of hydrogen-bond acceptors (Lipinski definition) is 5. The minimum atomic E-state index is -0.194. The molecule has 2 aromatic rings. The van der Waals surface area contributed by atoms with Crippen LogP contribution in [0.25, 0.3) is 0 Å². The molecule has 1 aliphatic heterocycles. The quantitative estimate of drug-likeness (QED) is 0.848. The normalized spacial score (nSPS) is 18.0. The van der Waals surface area contributed by atoms with E-state index in [-0.39, 0.29) is 12.0 Å². The van der Waals surface area contributed by atoms with Gasteiger partial charge < -0.3 is 9.64 Å². The van der Waals surface area contributed by atoms with Crippen LogP contribution in [0.1, 0.15) is 34.6 Å². The summed E-state index contributed by atoms with van der Waals surface area (Å²) in [5, 5.41) is 4.39. The van der Waals surface area contributed by atoms with Gasteiger partial charge >= 0.3 is 0 Å². The standard InChI is InChI=1S/C17H23N5O2/c1-11-14(12(2)21(4)20-11)9-17(23)22-7-8-24-16(10-22)15-5-6-18-13(3)19-15/h5-6,16H,7-10H2,1-4H3/t16-/m1/s1. The van der Waals surface area contributed by atoms with Crippen molar-refractivity contribution < 1.29 is 9.53 Å². The average molecular weight is 329 g/mol. The average Bonchev–Trinajstić information content (AvgIpc) is 2.81. The summed E-state index contributed by atoms with van der Waals surface area (Å²) in [6.45, 7) is 7.44. The van der Waals surface area contributed by atoms with Gasteiger partial charge in [0.1, 0.15) is 11.9 Å². The van der Waals surface area contributed by atoms with Crippen molar-refractivity contribution >= 4 is 5.91 Å². The first kappa shape index (κ1) is 16.6. The van der Waals surface area contributed by atoms with Gasteiger partial charge in [-0.1, -0.05) is 0 Å². The Morgan fingerprint density at radius 2 is 2.17 bits per heavy atom. The lowest BCUT2D eigenvalue weighted by Gasteiger charge is -2.32. The number of carbonyl (C=O) groups is 1. The van der Waals surface area contributed by atoms with Crippen molar-refractivity contribution in [1.82, 2.24) is 24.6 Å². The molecule has 24 heavy (non-hydrogen) atoms. The summed E-state index contributed by atoms with van der Waals surface area (Å²) < 4.78 is 7.62. The zero-order valence-electron chi connectivity index (χ0n) is 14.6. The summed E-state index contributed by atoms with van der Waals surface area (Å²) in [4.78, 5) is 23.1. The molecule has 3 rings (SSSR count). The van der Waals surface area contributed by atoms with Crippen molar-refractivity contribution in [3.63, 3.8) is 0 Å². The van der Waals surface area contributed by atoms with Crippen LogP contribution in [-0.2, 0) is 23.0 Å². The molecule has 0 unspecified atom stereocenters. The molecule has 2 aromatic heterocycles. The van der Waals surface area contributed by atoms with Crippen LogP contribution >= 0.6 is 0 Å². The van der Waals surface area contributed by atoms with Gasteiger partial charge in [0.05, 0.1) is 31.0 Å². The van der Waals surface area contributed by atoms with E-state index in [1.54, 1.807) is 6.20 Å². The zero-order valence-corrected chi connectivity index (χ0v) is 14.6. The van der Waals surface area contributed by atoms with Crippen molar-refractivity contribution in [3.05, 3.63) is 40.7 Å². The molecule has 0 saturated carbocycles. The van der Waals surface area contributed by atoms with Gasteiger partial charge in [-0.3, -0.25) is 9.48 Å². The summed E-state index contributed by atoms with van der Waals surface area (Å²) in [5.41, 5.74) is 3.80. The van der Waals surface area contributed by atoms with E-state index >= 15 is 0 Å². The largest absolute Gasteiger partial charge is 0.368 e. The number of morpholine rings is 1. The van der Waals surface area contributed by atoms with Crippen molar-refractivity contribution in [2.45, 2.75) is 33.3 Å². The van der Waals surface area contributed by atoms with Crippen LogP contribution in [0.4, 0.5) is 0 Å². The Morgan fingerprint density at radius 3 is 2.83 bits per heavy atom. The van der Waals surface area contributed by atoms with Gasteiger partial charge in [0, 0.05) is 31.0 Å². The van der Waals surface area contributed by atoms with Crippen LogP contribution in [0.15, 0.2) is 12.3 Å². The lowest BCUT2D eigenvalue weighted by atomic mass is 10.1. The van der Waals surface area contributed by atoms with Crippen molar-refractivity contribution in [2.24, 2.45) is 7.05 Å². The van der Waals surface area contributed by atoms with E-state index in [9.17, 15) is 4.79 Å². The fraction of sp³-hybridized carbons (Fsp3) is 0.529. The second-order valence-corrected chi connectivity index (χ2v) is 6.18. The van der Waals surface area contributed by atoms with Crippen LogP contribution in [0.3, 0.4) is 0 Å². The van der Waals surface area contributed by atoms with Crippen LogP contribution < -0.4 is 0 Å². The first-order chi connectivity index (χ1) is 11.5. The molecular formula is C17H23N5O2. The molecule has 1 amide bonds. The minimum Gasteiger partial charge on any atom is -0.368 e. The molecule has 1 saturated heterocycles. The number of rotatable bonds is 3. The number of amides is 1. The van der Waals surface area contributed by atoms with Gasteiger partial charge in [-0.2, -0.15) is 5.10 Å². The monoisotopic (exact) mass is 329 g/mol. The highest BCUT2D eigenvalue weighted by Crippen LogP contribution is 2.22. The third kappa shape index (κ3) is 3.31. The molecule has 0 radical (unpaired) electrons. The van der Waals surface area contributed by atoms with E-state index in [0.29, 0.717) is 31.9 Å². The van der Waals surface area contributed by atoms with E-state index < -0.39 is 0 Å². The molecule has 0 N–H and O–H groups in total. The Labute approximate surface area is 141 Å². The first-order valence-corrected chi connectivity index (χ1v) is 8.13. The van der Waals surface area contributed by atoms with E-state index in [2.05, 4.69) is 15.1 Å². The predicted octanol–water partition coefficient (Wildman–Crippen LogP) is 1.28. The smallest absolute Gasteiger partial charge is 0.227 e. The van der Waals surface area contributed by atoms with Crippen LogP contribution in [-0.4, -0.2) is 50.3 Å². The number of aryl methyl sites for hydroxylation is 3. The molecule has 1 atom stereocenters. The summed E-state index contributed by atoms with van der Waals surface area (Å²) in [6.07, 6.45) is 1.91. The Kier molecular flexibility index (Phi) is 4.62. The van der Waals surface area contributed by atoms with E-state index in [1.807, 2.05) is 43.5 Å². The summed E-state index contributed by atoms with van der Waals surface area (Å²) >= 11 is 0. The van der Waals surface area contributed by atoms with Crippen molar-refractivity contribution in [2.75, 3.05) is 19.7 Å². The second kappa shape index (κ2) is 6.68. The van der Waals surface area contributed by atoms with Gasteiger partial charge in [0.2, 0.25) is 5.91 Å². The van der Waals surface area contributed by atoms with Gasteiger partial charge in [-0.15, -0.1) is 0 Å². The molecule has 0 aromatic carbocycles. The predicted molar refractivity (Wildman–Crippen MR) is 88.4 cm³/mol. The first-order valence-electron chi connectivity index (χ1n) is 8.13. The van der Waals surface area contributed by atoms with Crippen LogP contribution in [0.2, 0.25) is 0 Å². The number of nitrogens with zero attached hydrogens (tertiary/aromatic N) is 5. The fourth-order valence-electron chi connectivity index (χ4n) is 3.04. The molecule has 1 fully saturated rings. The second-order valence-electron chi connectivity index (χ2n) is 6.18. The molecule has 7 heteroatoms. The van der Waals surface area contributed by atoms with E-state index in [0.717, 1.165) is 22.6 Å². The molecule has 128 valence electrons. The summed E-state index contributed by atoms with van der Waals surface area (Å²) in [7, 11) is 1.90. The molecule has 7 nitrogen and oxygen atoms in total. The van der Waals surface area contributed by atoms with Gasteiger partial charge in [-0.25, -0.2) is 9.97 Å². The minimum absolute atomic E-state index is 0.105. The summed E-state index contributed by atoms with van der Waals surface area (Å²) in [6, 6.07) is 1.85. The number of ether oxygens (including phenoxy) is 1. The molecular weight excluding hydrogens is 306 g/mol. The van der Waals surface area contributed by atoms with E-state index in [4.69, 9.17) is 4.74 Å². The maximum Gasteiger partial charge on any atom is 0.227 e. The fourth-order valence-corrected chi connectivity index (χ4v) is 3.04. The summed E-state index contributed by atoms with van der Waals surface area (Å²) in [5.74, 6) is 0.814. The van der Waals surface area contributed by atoms with Crippen molar-refractivity contribution in [3.8, 4) is 0 Å². The van der Waals surface area contributed by atoms with E-state index in [1.165, 1.54) is 0 Å². The Balaban J connectivity index is 1.71.